The Morgan fingerprint density at radius 3 is 2.25 bits per heavy atom. The summed E-state index contributed by atoms with van der Waals surface area (Å²) in [5.41, 5.74) is 0. The van der Waals surface area contributed by atoms with E-state index in [1.165, 1.54) is 0 Å². The van der Waals surface area contributed by atoms with Crippen molar-refractivity contribution in [2.24, 2.45) is 4.99 Å². The summed E-state index contributed by atoms with van der Waals surface area (Å²) in [4.78, 5) is 3.94. The van der Waals surface area contributed by atoms with E-state index in [4.69, 9.17) is 0 Å². The van der Waals surface area contributed by atoms with Crippen molar-refractivity contribution < 1.29 is 0 Å². The van der Waals surface area contributed by atoms with E-state index in [1.54, 1.807) is 7.05 Å². The first-order chi connectivity index (χ1) is 3.85. The van der Waals surface area contributed by atoms with Gasteiger partial charge in [0.25, 0.3) is 0 Å². The van der Waals surface area contributed by atoms with E-state index in [0.29, 0.717) is 0 Å². The lowest BCUT2D eigenvalue weighted by atomic mass is 10.6. The highest BCUT2D eigenvalue weighted by Crippen LogP contribution is 1.63. The molecule has 3 nitrogen and oxygen atoms in total. The van der Waals surface area contributed by atoms with Crippen molar-refractivity contribution >= 4 is 5.84 Å². The summed E-state index contributed by atoms with van der Waals surface area (Å²) < 4.78 is 0. The molecule has 8 heavy (non-hydrogen) atoms. The first kappa shape index (κ1) is 7.43. The Hall–Kier alpha value is -0.570. The van der Waals surface area contributed by atoms with Crippen molar-refractivity contribution in [2.45, 2.75) is 0 Å². The van der Waals surface area contributed by atoms with E-state index in [2.05, 4.69) is 15.6 Å². The summed E-state index contributed by atoms with van der Waals surface area (Å²) in [6.07, 6.45) is 0. The molecule has 0 aromatic heterocycles. The van der Waals surface area contributed by atoms with E-state index >= 15 is 0 Å². The van der Waals surface area contributed by atoms with E-state index in [1.807, 2.05) is 14.1 Å². The predicted molar refractivity (Wildman–Crippen MR) is 36.3 cm³/mol. The number of rotatable bonds is 2. The molecule has 0 aliphatic carbocycles. The molecule has 0 amide bonds. The predicted octanol–water partition coefficient (Wildman–Crippen LogP) is -0.547. The molecule has 0 bridgehead atoms. The van der Waals surface area contributed by atoms with Crippen LogP contribution in [0.25, 0.3) is 0 Å². The van der Waals surface area contributed by atoms with Crippen LogP contribution in [-0.4, -0.2) is 33.5 Å². The molecule has 0 aliphatic rings. The topological polar surface area (TPSA) is 36.4 Å². The zero-order valence-corrected chi connectivity index (χ0v) is 5.65. The van der Waals surface area contributed by atoms with Crippen LogP contribution in [-0.2, 0) is 0 Å². The van der Waals surface area contributed by atoms with Gasteiger partial charge in [0.05, 0.1) is 6.54 Å². The highest BCUT2D eigenvalue weighted by Gasteiger charge is 1.86. The average Bonchev–Trinajstić information content (AvgIpc) is 1.83. The van der Waals surface area contributed by atoms with Crippen LogP contribution in [0.1, 0.15) is 0 Å². The number of amidine groups is 1. The lowest BCUT2D eigenvalue weighted by molar-refractivity contribution is 0.911. The van der Waals surface area contributed by atoms with Crippen molar-refractivity contribution in [1.29, 1.82) is 0 Å². The van der Waals surface area contributed by atoms with Crippen molar-refractivity contribution in [1.82, 2.24) is 10.6 Å². The van der Waals surface area contributed by atoms with Gasteiger partial charge in [-0.1, -0.05) is 0 Å². The normalized spacial score (nSPS) is 11.6. The summed E-state index contributed by atoms with van der Waals surface area (Å²) in [6.45, 7) is 0.812. The van der Waals surface area contributed by atoms with Crippen LogP contribution in [0.5, 0.6) is 0 Å². The highest BCUT2D eigenvalue weighted by atomic mass is 15.0. The number of likely N-dealkylation sites (N-methyl/N-ethyl adjacent to an activating group) is 2. The number of hydrogen-bond donors (Lipinski definition) is 2. The van der Waals surface area contributed by atoms with E-state index < -0.39 is 0 Å². The Bertz CT molecular complexity index is 77.7. The number of nitrogens with one attached hydrogen (secondary N) is 2. The highest BCUT2D eigenvalue weighted by molar-refractivity contribution is 5.83. The van der Waals surface area contributed by atoms with Gasteiger partial charge in [0, 0.05) is 14.1 Å². The van der Waals surface area contributed by atoms with Crippen LogP contribution in [0.4, 0.5) is 0 Å². The van der Waals surface area contributed by atoms with Crippen LogP contribution >= 0.6 is 0 Å². The molecule has 0 aromatic carbocycles. The third kappa shape index (κ3) is 2.58. The van der Waals surface area contributed by atoms with Crippen molar-refractivity contribution in [2.75, 3.05) is 27.7 Å². The van der Waals surface area contributed by atoms with Gasteiger partial charge >= 0.3 is 0 Å². The minimum Gasteiger partial charge on any atom is -0.376 e. The molecule has 0 radical (unpaired) electrons. The smallest absolute Gasteiger partial charge is 0.110 e. The second-order valence-electron chi connectivity index (χ2n) is 1.45. The SMILES string of the molecule is CN=C(CNC)NC. The minimum absolute atomic E-state index is 0.812. The third-order valence-corrected chi connectivity index (χ3v) is 0.903. The first-order valence-electron chi connectivity index (χ1n) is 2.63. The first-order valence-corrected chi connectivity index (χ1v) is 2.63. The van der Waals surface area contributed by atoms with Gasteiger partial charge < -0.3 is 10.6 Å². The Kier molecular flexibility index (Phi) is 4.26. The molecular formula is C5H13N3. The molecule has 0 saturated carbocycles. The zero-order chi connectivity index (χ0) is 6.41. The molecule has 2 N–H and O–H groups in total. The maximum Gasteiger partial charge on any atom is 0.110 e. The number of nitrogens with zero attached hydrogens (tertiary/aromatic N) is 1. The van der Waals surface area contributed by atoms with Gasteiger partial charge in [-0.05, 0) is 7.05 Å². The molecule has 3 heteroatoms. The summed E-state index contributed by atoms with van der Waals surface area (Å²) in [6, 6.07) is 0. The van der Waals surface area contributed by atoms with E-state index in [9.17, 15) is 0 Å². The summed E-state index contributed by atoms with van der Waals surface area (Å²) in [5, 5.41) is 5.92. The molecule has 0 aliphatic heterocycles. The molecule has 0 atom stereocenters. The Morgan fingerprint density at radius 2 is 2.12 bits per heavy atom. The molecule has 0 rings (SSSR count). The fraction of sp³-hybridized carbons (Fsp3) is 0.800. The maximum absolute atomic E-state index is 3.94. The van der Waals surface area contributed by atoms with Gasteiger partial charge in [0.15, 0.2) is 0 Å². The Labute approximate surface area is 50.2 Å². The monoisotopic (exact) mass is 115 g/mol. The molecule has 0 saturated heterocycles. The van der Waals surface area contributed by atoms with Gasteiger partial charge in [-0.25, -0.2) is 0 Å². The van der Waals surface area contributed by atoms with Gasteiger partial charge in [-0.3, -0.25) is 4.99 Å². The molecule has 48 valence electrons. The van der Waals surface area contributed by atoms with Crippen LogP contribution < -0.4 is 10.6 Å². The van der Waals surface area contributed by atoms with Gasteiger partial charge in [0.1, 0.15) is 5.84 Å². The molecule has 0 spiro atoms. The maximum atomic E-state index is 3.94. The van der Waals surface area contributed by atoms with E-state index in [-0.39, 0.29) is 0 Å². The largest absolute Gasteiger partial charge is 0.376 e. The van der Waals surface area contributed by atoms with Crippen molar-refractivity contribution in [3.63, 3.8) is 0 Å². The van der Waals surface area contributed by atoms with Crippen LogP contribution in [0.2, 0.25) is 0 Å². The number of aliphatic imine (C=N–C) groups is 1. The van der Waals surface area contributed by atoms with Crippen molar-refractivity contribution in [3.05, 3.63) is 0 Å². The molecule has 0 aromatic rings. The van der Waals surface area contributed by atoms with E-state index in [0.717, 1.165) is 12.4 Å². The minimum atomic E-state index is 0.812. The van der Waals surface area contributed by atoms with Gasteiger partial charge in [0.2, 0.25) is 0 Å². The molecule has 0 unspecified atom stereocenters. The quantitative estimate of drug-likeness (QED) is 0.374. The lowest BCUT2D eigenvalue weighted by Crippen LogP contribution is -2.29. The van der Waals surface area contributed by atoms with Gasteiger partial charge in [-0.2, -0.15) is 0 Å². The standard InChI is InChI=1S/C5H13N3/c1-6-4-5(7-2)8-3/h6H,4H2,1-3H3,(H,7,8). The molecule has 0 fully saturated rings. The fourth-order valence-electron chi connectivity index (χ4n) is 0.447. The van der Waals surface area contributed by atoms with Crippen molar-refractivity contribution in [3.8, 4) is 0 Å². The third-order valence-electron chi connectivity index (χ3n) is 0.903. The van der Waals surface area contributed by atoms with Crippen LogP contribution in [0, 0.1) is 0 Å². The molecular weight excluding hydrogens is 102 g/mol. The second kappa shape index (κ2) is 4.59. The zero-order valence-electron chi connectivity index (χ0n) is 5.65. The fourth-order valence-corrected chi connectivity index (χ4v) is 0.447. The Balaban J connectivity index is 3.38. The number of hydrogen-bond acceptors (Lipinski definition) is 2. The average molecular weight is 115 g/mol. The van der Waals surface area contributed by atoms with Crippen LogP contribution in [0.15, 0.2) is 4.99 Å². The summed E-state index contributed by atoms with van der Waals surface area (Å²) in [5.74, 6) is 0.979. The summed E-state index contributed by atoms with van der Waals surface area (Å²) in [7, 11) is 5.52. The van der Waals surface area contributed by atoms with Crippen LogP contribution in [0.3, 0.4) is 0 Å². The lowest BCUT2D eigenvalue weighted by Gasteiger charge is -2.00. The molecule has 0 heterocycles. The second-order valence-corrected chi connectivity index (χ2v) is 1.45. The van der Waals surface area contributed by atoms with Gasteiger partial charge in [-0.15, -0.1) is 0 Å². The Morgan fingerprint density at radius 1 is 1.50 bits per heavy atom. The summed E-state index contributed by atoms with van der Waals surface area (Å²) >= 11 is 0.